The summed E-state index contributed by atoms with van der Waals surface area (Å²) in [7, 11) is 0. The van der Waals surface area contributed by atoms with Crippen molar-refractivity contribution in [2.75, 3.05) is 20.4 Å². The maximum atomic E-state index is 9.98. The number of hydrogen-bond donors (Lipinski definition) is 4. The number of hydrogen-bond acceptors (Lipinski definition) is 7. The first kappa shape index (κ1) is 15.8. The zero-order valence-corrected chi connectivity index (χ0v) is 10.4. The van der Waals surface area contributed by atoms with Crippen LogP contribution < -0.4 is 0 Å². The van der Waals surface area contributed by atoms with Crippen LogP contribution in [0.1, 0.15) is 16.7 Å². The minimum absolute atomic E-state index is 0.0188. The second kappa shape index (κ2) is 8.81. The maximum Gasteiger partial charge on any atom is 0.144 e. The predicted octanol–water partition coefficient (Wildman–Crippen LogP) is -0.209. The van der Waals surface area contributed by atoms with Gasteiger partial charge in [0.25, 0.3) is 0 Å². The SMILES string of the molecule is OCOCc1cc(COCO)c(O)c(COCO)c1. The minimum atomic E-state index is -0.459. The fourth-order valence-corrected chi connectivity index (χ4v) is 1.61. The molecule has 0 saturated heterocycles. The van der Waals surface area contributed by atoms with Crippen molar-refractivity contribution in [1.29, 1.82) is 0 Å². The van der Waals surface area contributed by atoms with E-state index >= 15 is 0 Å². The number of phenolic OH excluding ortho intramolecular Hbond substituents is 1. The van der Waals surface area contributed by atoms with E-state index in [-0.39, 0.29) is 25.6 Å². The smallest absolute Gasteiger partial charge is 0.144 e. The van der Waals surface area contributed by atoms with Gasteiger partial charge in [-0.25, -0.2) is 0 Å². The molecule has 0 radical (unpaired) electrons. The highest BCUT2D eigenvalue weighted by Crippen LogP contribution is 2.26. The van der Waals surface area contributed by atoms with Crippen molar-refractivity contribution in [2.24, 2.45) is 0 Å². The van der Waals surface area contributed by atoms with Crippen molar-refractivity contribution in [3.63, 3.8) is 0 Å². The highest BCUT2D eigenvalue weighted by atomic mass is 16.6. The first-order chi connectivity index (χ1) is 9.22. The standard InChI is InChI=1S/C12H18O7/c13-6-17-3-9-1-10(4-18-7-14)12(16)11(2-9)5-19-8-15/h1-2,13-16H,3-8H2. The van der Waals surface area contributed by atoms with E-state index in [9.17, 15) is 5.11 Å². The molecule has 0 heterocycles. The van der Waals surface area contributed by atoms with Gasteiger partial charge < -0.3 is 34.6 Å². The third-order valence-electron chi connectivity index (χ3n) is 2.39. The monoisotopic (exact) mass is 274 g/mol. The van der Waals surface area contributed by atoms with Gasteiger partial charge in [-0.1, -0.05) is 0 Å². The van der Waals surface area contributed by atoms with Crippen LogP contribution in [0.15, 0.2) is 12.1 Å². The zero-order valence-electron chi connectivity index (χ0n) is 10.4. The molecule has 0 spiro atoms. The van der Waals surface area contributed by atoms with Gasteiger partial charge in [0, 0.05) is 11.1 Å². The van der Waals surface area contributed by atoms with Gasteiger partial charge in [0.15, 0.2) is 0 Å². The van der Waals surface area contributed by atoms with Crippen LogP contribution in [0.4, 0.5) is 0 Å². The van der Waals surface area contributed by atoms with E-state index in [1.54, 1.807) is 12.1 Å². The zero-order chi connectivity index (χ0) is 14.1. The van der Waals surface area contributed by atoms with Crippen molar-refractivity contribution in [1.82, 2.24) is 0 Å². The van der Waals surface area contributed by atoms with Crippen LogP contribution in [-0.4, -0.2) is 40.8 Å². The molecule has 0 aliphatic carbocycles. The Bertz CT molecular complexity index is 351. The van der Waals surface area contributed by atoms with Crippen molar-refractivity contribution in [2.45, 2.75) is 19.8 Å². The molecule has 0 unspecified atom stereocenters. The van der Waals surface area contributed by atoms with Gasteiger partial charge in [0.05, 0.1) is 19.8 Å². The average molecular weight is 274 g/mol. The van der Waals surface area contributed by atoms with Gasteiger partial charge >= 0.3 is 0 Å². The Morgan fingerprint density at radius 3 is 1.58 bits per heavy atom. The molecular formula is C12H18O7. The molecule has 108 valence electrons. The minimum Gasteiger partial charge on any atom is -0.507 e. The van der Waals surface area contributed by atoms with Crippen LogP contribution in [0.25, 0.3) is 0 Å². The van der Waals surface area contributed by atoms with Gasteiger partial charge in [0.1, 0.15) is 26.1 Å². The Hall–Kier alpha value is -1.22. The second-order valence-corrected chi connectivity index (χ2v) is 3.70. The van der Waals surface area contributed by atoms with E-state index in [2.05, 4.69) is 0 Å². The Morgan fingerprint density at radius 2 is 1.16 bits per heavy atom. The van der Waals surface area contributed by atoms with E-state index in [4.69, 9.17) is 29.5 Å². The lowest BCUT2D eigenvalue weighted by Crippen LogP contribution is -2.02. The lowest BCUT2D eigenvalue weighted by molar-refractivity contribution is -0.0158. The van der Waals surface area contributed by atoms with Crippen LogP contribution in [0.3, 0.4) is 0 Å². The molecule has 0 bridgehead atoms. The summed E-state index contributed by atoms with van der Waals surface area (Å²) in [6.45, 7) is -1.11. The van der Waals surface area contributed by atoms with Gasteiger partial charge in [0.2, 0.25) is 0 Å². The van der Waals surface area contributed by atoms with Crippen LogP contribution in [0.2, 0.25) is 0 Å². The molecule has 7 heteroatoms. The summed E-state index contributed by atoms with van der Waals surface area (Å²) in [5, 5.41) is 35.8. The molecular weight excluding hydrogens is 256 g/mol. The van der Waals surface area contributed by atoms with Crippen molar-refractivity contribution < 1.29 is 34.6 Å². The topological polar surface area (TPSA) is 109 Å². The molecule has 0 aromatic heterocycles. The summed E-state index contributed by atoms with van der Waals surface area (Å²) in [6, 6.07) is 3.28. The summed E-state index contributed by atoms with van der Waals surface area (Å²) in [6.07, 6.45) is 0. The first-order valence-electron chi connectivity index (χ1n) is 5.62. The highest BCUT2D eigenvalue weighted by Gasteiger charge is 2.11. The molecule has 1 aromatic rings. The molecule has 7 nitrogen and oxygen atoms in total. The number of aliphatic hydroxyl groups is 3. The van der Waals surface area contributed by atoms with Gasteiger partial charge in [-0.2, -0.15) is 0 Å². The predicted molar refractivity (Wildman–Crippen MR) is 63.7 cm³/mol. The van der Waals surface area contributed by atoms with Crippen molar-refractivity contribution >= 4 is 0 Å². The van der Waals surface area contributed by atoms with Gasteiger partial charge in [-0.05, 0) is 17.7 Å². The number of benzene rings is 1. The molecule has 1 aromatic carbocycles. The molecule has 0 aliphatic heterocycles. The fourth-order valence-electron chi connectivity index (χ4n) is 1.61. The molecule has 0 fully saturated rings. The number of phenols is 1. The molecule has 0 aliphatic rings. The number of ether oxygens (including phenoxy) is 3. The Labute approximate surface area is 110 Å². The summed E-state index contributed by atoms with van der Waals surface area (Å²) in [5.74, 6) is -0.0188. The lowest BCUT2D eigenvalue weighted by Gasteiger charge is -2.13. The van der Waals surface area contributed by atoms with E-state index < -0.39 is 20.4 Å². The Balaban J connectivity index is 2.92. The molecule has 19 heavy (non-hydrogen) atoms. The van der Waals surface area contributed by atoms with Crippen LogP contribution in [0, 0.1) is 0 Å². The summed E-state index contributed by atoms with van der Waals surface area (Å²) >= 11 is 0. The maximum absolute atomic E-state index is 9.98. The van der Waals surface area contributed by atoms with Crippen LogP contribution in [-0.2, 0) is 34.0 Å². The van der Waals surface area contributed by atoms with Crippen LogP contribution in [0.5, 0.6) is 5.75 Å². The Kier molecular flexibility index (Phi) is 7.34. The van der Waals surface area contributed by atoms with Gasteiger partial charge in [-0.3, -0.25) is 0 Å². The van der Waals surface area contributed by atoms with E-state index in [1.807, 2.05) is 0 Å². The fraction of sp³-hybridized carbons (Fsp3) is 0.500. The van der Waals surface area contributed by atoms with Crippen molar-refractivity contribution in [3.8, 4) is 5.75 Å². The second-order valence-electron chi connectivity index (χ2n) is 3.70. The van der Waals surface area contributed by atoms with Crippen LogP contribution >= 0.6 is 0 Å². The third kappa shape index (κ3) is 5.11. The highest BCUT2D eigenvalue weighted by molar-refractivity contribution is 5.43. The quantitative estimate of drug-likeness (QED) is 0.461. The lowest BCUT2D eigenvalue weighted by atomic mass is 10.0. The molecule has 0 saturated carbocycles. The largest absolute Gasteiger partial charge is 0.507 e. The molecule has 0 atom stereocenters. The van der Waals surface area contributed by atoms with E-state index in [0.717, 1.165) is 0 Å². The van der Waals surface area contributed by atoms with E-state index in [1.165, 1.54) is 0 Å². The Morgan fingerprint density at radius 1 is 0.737 bits per heavy atom. The first-order valence-corrected chi connectivity index (χ1v) is 5.62. The summed E-state index contributed by atoms with van der Waals surface area (Å²) < 4.78 is 14.5. The molecule has 0 amide bonds. The average Bonchev–Trinajstić information content (AvgIpc) is 2.43. The molecule has 1 rings (SSSR count). The normalized spacial score (nSPS) is 10.9. The van der Waals surface area contributed by atoms with Gasteiger partial charge in [-0.15, -0.1) is 0 Å². The molecule has 4 N–H and O–H groups in total. The summed E-state index contributed by atoms with van der Waals surface area (Å²) in [4.78, 5) is 0. The number of aromatic hydroxyl groups is 1. The van der Waals surface area contributed by atoms with E-state index in [0.29, 0.717) is 16.7 Å². The number of rotatable bonds is 9. The van der Waals surface area contributed by atoms with Crippen molar-refractivity contribution in [3.05, 3.63) is 28.8 Å². The summed E-state index contributed by atoms with van der Waals surface area (Å²) in [5.41, 5.74) is 1.63. The number of aliphatic hydroxyl groups excluding tert-OH is 3. The third-order valence-corrected chi connectivity index (χ3v) is 2.39.